The maximum absolute atomic E-state index is 12.5. The highest BCUT2D eigenvalue weighted by atomic mass is 32.1. The molecular formula is C19H18N4O4S. The second-order valence-electron chi connectivity index (χ2n) is 6.08. The van der Waals surface area contributed by atoms with Crippen LogP contribution in [0.4, 0.5) is 16.5 Å². The average Bonchev–Trinajstić information content (AvgIpc) is 3.15. The molecule has 0 aliphatic carbocycles. The molecule has 0 bridgehead atoms. The van der Waals surface area contributed by atoms with Gasteiger partial charge in [-0.3, -0.25) is 20.2 Å². The average molecular weight is 398 g/mol. The summed E-state index contributed by atoms with van der Waals surface area (Å²) in [7, 11) is 5.01. The molecular weight excluding hydrogens is 380 g/mol. The number of carbonyl (C=O) groups is 1. The zero-order chi connectivity index (χ0) is 20.3. The number of ether oxygens (including phenoxy) is 1. The monoisotopic (exact) mass is 398 g/mol. The Morgan fingerprint density at radius 3 is 2.54 bits per heavy atom. The summed E-state index contributed by atoms with van der Waals surface area (Å²) < 4.78 is 5.14. The van der Waals surface area contributed by atoms with Crippen LogP contribution in [0.5, 0.6) is 5.75 Å². The molecule has 8 nitrogen and oxygen atoms in total. The van der Waals surface area contributed by atoms with Gasteiger partial charge in [0.15, 0.2) is 5.13 Å². The van der Waals surface area contributed by atoms with Crippen LogP contribution in [0.2, 0.25) is 0 Å². The minimum absolute atomic E-state index is 0.129. The molecule has 0 spiro atoms. The van der Waals surface area contributed by atoms with E-state index in [1.165, 1.54) is 17.4 Å². The zero-order valence-corrected chi connectivity index (χ0v) is 16.3. The number of amides is 1. The number of nitro benzene ring substituents is 1. The SMILES string of the molecule is COc1ccc(-c2csc(NC(=O)c3ccc(N(C)C)c([N+](=O)[O-])c3)n2)cc1. The largest absolute Gasteiger partial charge is 0.497 e. The molecule has 1 aromatic heterocycles. The van der Waals surface area contributed by atoms with Gasteiger partial charge >= 0.3 is 0 Å². The zero-order valence-electron chi connectivity index (χ0n) is 15.5. The number of hydrogen-bond acceptors (Lipinski definition) is 7. The first-order valence-corrected chi connectivity index (χ1v) is 9.14. The Kier molecular flexibility index (Phi) is 5.55. The van der Waals surface area contributed by atoms with Gasteiger partial charge < -0.3 is 9.64 Å². The topological polar surface area (TPSA) is 97.6 Å². The van der Waals surface area contributed by atoms with Gasteiger partial charge in [-0.1, -0.05) is 0 Å². The normalized spacial score (nSPS) is 10.4. The smallest absolute Gasteiger partial charge is 0.293 e. The van der Waals surface area contributed by atoms with Crippen molar-refractivity contribution < 1.29 is 14.5 Å². The second kappa shape index (κ2) is 8.05. The summed E-state index contributed by atoms with van der Waals surface area (Å²) in [6.07, 6.45) is 0. The summed E-state index contributed by atoms with van der Waals surface area (Å²) in [5.74, 6) is 0.291. The van der Waals surface area contributed by atoms with Crippen LogP contribution in [0.1, 0.15) is 10.4 Å². The number of thiazole rings is 1. The number of carbonyl (C=O) groups excluding carboxylic acids is 1. The lowest BCUT2D eigenvalue weighted by Gasteiger charge is -2.13. The lowest BCUT2D eigenvalue weighted by atomic mass is 10.1. The first-order valence-electron chi connectivity index (χ1n) is 8.26. The van der Waals surface area contributed by atoms with Gasteiger partial charge in [0.1, 0.15) is 11.4 Å². The Morgan fingerprint density at radius 2 is 1.93 bits per heavy atom. The van der Waals surface area contributed by atoms with Gasteiger partial charge in [0, 0.05) is 36.7 Å². The molecule has 0 radical (unpaired) electrons. The van der Waals surface area contributed by atoms with Gasteiger partial charge in [0.25, 0.3) is 11.6 Å². The summed E-state index contributed by atoms with van der Waals surface area (Å²) in [6.45, 7) is 0. The Bertz CT molecular complexity index is 1020. The predicted octanol–water partition coefficient (Wildman–Crippen LogP) is 4.05. The lowest BCUT2D eigenvalue weighted by Crippen LogP contribution is -2.14. The molecule has 9 heteroatoms. The molecule has 1 heterocycles. The molecule has 28 heavy (non-hydrogen) atoms. The first kappa shape index (κ1) is 19.3. The lowest BCUT2D eigenvalue weighted by molar-refractivity contribution is -0.384. The highest BCUT2D eigenvalue weighted by Gasteiger charge is 2.19. The number of nitrogens with one attached hydrogen (secondary N) is 1. The van der Waals surface area contributed by atoms with Gasteiger partial charge in [-0.05, 0) is 36.4 Å². The van der Waals surface area contributed by atoms with E-state index in [1.54, 1.807) is 38.2 Å². The summed E-state index contributed by atoms with van der Waals surface area (Å²) in [6, 6.07) is 11.8. The van der Waals surface area contributed by atoms with Crippen molar-refractivity contribution in [2.24, 2.45) is 0 Å². The van der Waals surface area contributed by atoms with E-state index in [4.69, 9.17) is 4.74 Å². The third-order valence-electron chi connectivity index (χ3n) is 4.03. The van der Waals surface area contributed by atoms with Crippen LogP contribution in [0, 0.1) is 10.1 Å². The van der Waals surface area contributed by atoms with Crippen molar-refractivity contribution in [3.8, 4) is 17.0 Å². The molecule has 0 saturated carbocycles. The number of aromatic nitrogens is 1. The van der Waals surface area contributed by atoms with Crippen LogP contribution in [0.25, 0.3) is 11.3 Å². The number of nitrogens with zero attached hydrogens (tertiary/aromatic N) is 3. The molecule has 1 N–H and O–H groups in total. The van der Waals surface area contributed by atoms with Gasteiger partial charge in [0.2, 0.25) is 0 Å². The van der Waals surface area contributed by atoms with Gasteiger partial charge in [-0.15, -0.1) is 11.3 Å². The fourth-order valence-corrected chi connectivity index (χ4v) is 3.30. The molecule has 0 fully saturated rings. The molecule has 0 aliphatic heterocycles. The van der Waals surface area contributed by atoms with Gasteiger partial charge in [-0.25, -0.2) is 4.98 Å². The minimum Gasteiger partial charge on any atom is -0.497 e. The van der Waals surface area contributed by atoms with E-state index in [2.05, 4.69) is 10.3 Å². The number of rotatable bonds is 6. The first-order chi connectivity index (χ1) is 13.4. The summed E-state index contributed by atoms with van der Waals surface area (Å²) in [5.41, 5.74) is 2.10. The molecule has 0 aliphatic rings. The third kappa shape index (κ3) is 4.09. The van der Waals surface area contributed by atoms with Crippen molar-refractivity contribution in [2.45, 2.75) is 0 Å². The van der Waals surface area contributed by atoms with Crippen molar-refractivity contribution in [1.29, 1.82) is 0 Å². The van der Waals surface area contributed by atoms with Crippen molar-refractivity contribution in [2.75, 3.05) is 31.4 Å². The molecule has 0 saturated heterocycles. The quantitative estimate of drug-likeness (QED) is 0.497. The third-order valence-corrected chi connectivity index (χ3v) is 4.78. The highest BCUT2D eigenvalue weighted by Crippen LogP contribution is 2.29. The molecule has 144 valence electrons. The number of methoxy groups -OCH3 is 1. The Balaban J connectivity index is 1.79. The van der Waals surface area contributed by atoms with Crippen LogP contribution in [0.3, 0.4) is 0 Å². The number of anilines is 2. The van der Waals surface area contributed by atoms with E-state index in [-0.39, 0.29) is 11.3 Å². The van der Waals surface area contributed by atoms with E-state index in [0.29, 0.717) is 10.8 Å². The molecule has 3 rings (SSSR count). The summed E-state index contributed by atoms with van der Waals surface area (Å²) in [4.78, 5) is 29.3. The second-order valence-corrected chi connectivity index (χ2v) is 6.93. The molecule has 0 unspecified atom stereocenters. The number of hydrogen-bond donors (Lipinski definition) is 1. The summed E-state index contributed by atoms with van der Waals surface area (Å²) in [5, 5.41) is 16.2. The van der Waals surface area contributed by atoms with Gasteiger partial charge in [0.05, 0.1) is 17.7 Å². The maximum atomic E-state index is 12.5. The van der Waals surface area contributed by atoms with Crippen molar-refractivity contribution >= 4 is 33.8 Å². The standard InChI is InChI=1S/C19H18N4O4S/c1-22(2)16-9-6-13(10-17(16)23(25)26)18(24)21-19-20-15(11-28-19)12-4-7-14(27-3)8-5-12/h4-11H,1-3H3,(H,20,21,24). The van der Waals surface area contributed by atoms with E-state index in [0.717, 1.165) is 17.0 Å². The van der Waals surface area contributed by atoms with Crippen LogP contribution < -0.4 is 15.0 Å². The van der Waals surface area contributed by atoms with Gasteiger partial charge in [-0.2, -0.15) is 0 Å². The molecule has 0 atom stereocenters. The Morgan fingerprint density at radius 1 is 1.21 bits per heavy atom. The number of nitro groups is 1. The fraction of sp³-hybridized carbons (Fsp3) is 0.158. The van der Waals surface area contributed by atoms with Crippen molar-refractivity contribution in [3.63, 3.8) is 0 Å². The molecule has 1 amide bonds. The Hall–Kier alpha value is -3.46. The van der Waals surface area contributed by atoms with E-state index >= 15 is 0 Å². The Labute approximate surface area is 165 Å². The molecule has 2 aromatic carbocycles. The van der Waals surface area contributed by atoms with Crippen LogP contribution in [0.15, 0.2) is 47.8 Å². The predicted molar refractivity (Wildman–Crippen MR) is 109 cm³/mol. The fourth-order valence-electron chi connectivity index (χ4n) is 2.58. The maximum Gasteiger partial charge on any atom is 0.293 e. The minimum atomic E-state index is -0.503. The molecule has 3 aromatic rings. The van der Waals surface area contributed by atoms with Crippen LogP contribution in [-0.4, -0.2) is 37.0 Å². The van der Waals surface area contributed by atoms with E-state index < -0.39 is 10.8 Å². The van der Waals surface area contributed by atoms with E-state index in [1.807, 2.05) is 29.6 Å². The van der Waals surface area contributed by atoms with E-state index in [9.17, 15) is 14.9 Å². The van der Waals surface area contributed by atoms with Crippen LogP contribution in [-0.2, 0) is 0 Å². The summed E-state index contributed by atoms with van der Waals surface area (Å²) >= 11 is 1.28. The highest BCUT2D eigenvalue weighted by molar-refractivity contribution is 7.14. The van der Waals surface area contributed by atoms with Crippen LogP contribution >= 0.6 is 11.3 Å². The number of benzene rings is 2. The van der Waals surface area contributed by atoms with Crippen molar-refractivity contribution in [1.82, 2.24) is 4.98 Å². The van der Waals surface area contributed by atoms with Crippen molar-refractivity contribution in [3.05, 3.63) is 63.5 Å².